The second-order valence-corrected chi connectivity index (χ2v) is 2.92. The summed E-state index contributed by atoms with van der Waals surface area (Å²) in [5.74, 6) is 0. The molecule has 0 aliphatic rings. The first kappa shape index (κ1) is 8.63. The van der Waals surface area contributed by atoms with E-state index in [1.165, 1.54) is 6.08 Å². The van der Waals surface area contributed by atoms with Crippen molar-refractivity contribution in [3.63, 3.8) is 0 Å². The first-order chi connectivity index (χ1) is 6.90. The van der Waals surface area contributed by atoms with E-state index < -0.39 is 0 Å². The van der Waals surface area contributed by atoms with Crippen molar-refractivity contribution in [3.8, 4) is 0 Å². The summed E-state index contributed by atoms with van der Waals surface area (Å²) in [6, 6.07) is 11.8. The fourth-order valence-corrected chi connectivity index (χ4v) is 1.31. The van der Waals surface area contributed by atoms with Crippen LogP contribution in [0.5, 0.6) is 0 Å². The van der Waals surface area contributed by atoms with Gasteiger partial charge in [-0.1, -0.05) is 24.3 Å². The van der Waals surface area contributed by atoms with Gasteiger partial charge in [-0.3, -0.25) is 4.79 Å². The SMILES string of the molecule is O=C/C=C/c1ccc2ccccc2n1. The lowest BCUT2D eigenvalue weighted by Gasteiger charge is -1.97. The van der Waals surface area contributed by atoms with Gasteiger partial charge in [0.15, 0.2) is 0 Å². The molecule has 14 heavy (non-hydrogen) atoms. The fraction of sp³-hybridized carbons (Fsp3) is 0. The van der Waals surface area contributed by atoms with Gasteiger partial charge in [0.1, 0.15) is 6.29 Å². The molecule has 0 bridgehead atoms. The molecule has 0 radical (unpaired) electrons. The lowest BCUT2D eigenvalue weighted by molar-refractivity contribution is -0.104. The Morgan fingerprint density at radius 3 is 2.79 bits per heavy atom. The standard InChI is InChI=1S/C12H9NO/c14-9-3-5-11-8-7-10-4-1-2-6-12(10)13-11/h1-9H/b5-3+. The van der Waals surface area contributed by atoms with Crippen LogP contribution < -0.4 is 0 Å². The largest absolute Gasteiger partial charge is 0.299 e. The Balaban J connectivity index is 2.51. The van der Waals surface area contributed by atoms with Crippen LogP contribution in [0.2, 0.25) is 0 Å². The Morgan fingerprint density at radius 1 is 1.07 bits per heavy atom. The molecule has 0 atom stereocenters. The maximum Gasteiger partial charge on any atom is 0.142 e. The average molecular weight is 183 g/mol. The van der Waals surface area contributed by atoms with Gasteiger partial charge in [-0.05, 0) is 24.3 Å². The maximum absolute atomic E-state index is 10.1. The lowest BCUT2D eigenvalue weighted by Crippen LogP contribution is -1.82. The Kier molecular flexibility index (Phi) is 2.36. The maximum atomic E-state index is 10.1. The number of hydrogen-bond donors (Lipinski definition) is 0. The molecule has 2 nitrogen and oxygen atoms in total. The van der Waals surface area contributed by atoms with Crippen LogP contribution in [0.1, 0.15) is 5.69 Å². The Bertz CT molecular complexity index is 488. The van der Waals surface area contributed by atoms with Crippen molar-refractivity contribution in [2.45, 2.75) is 0 Å². The number of hydrogen-bond acceptors (Lipinski definition) is 2. The van der Waals surface area contributed by atoms with Crippen LogP contribution in [0, 0.1) is 0 Å². The Labute approximate surface area is 81.9 Å². The quantitative estimate of drug-likeness (QED) is 0.528. The second-order valence-electron chi connectivity index (χ2n) is 2.92. The summed E-state index contributed by atoms with van der Waals surface area (Å²) in [7, 11) is 0. The lowest BCUT2D eigenvalue weighted by atomic mass is 10.2. The molecule has 0 amide bonds. The van der Waals surface area contributed by atoms with Gasteiger partial charge in [-0.25, -0.2) is 4.98 Å². The van der Waals surface area contributed by atoms with Gasteiger partial charge < -0.3 is 0 Å². The summed E-state index contributed by atoms with van der Waals surface area (Å²) in [6.45, 7) is 0. The number of rotatable bonds is 2. The molecule has 0 aliphatic carbocycles. The van der Waals surface area contributed by atoms with Crippen molar-refractivity contribution in [1.82, 2.24) is 4.98 Å². The van der Waals surface area contributed by atoms with E-state index in [2.05, 4.69) is 4.98 Å². The van der Waals surface area contributed by atoms with Crippen molar-refractivity contribution < 1.29 is 4.79 Å². The summed E-state index contributed by atoms with van der Waals surface area (Å²) in [5, 5.41) is 1.11. The van der Waals surface area contributed by atoms with Crippen LogP contribution in [0.3, 0.4) is 0 Å². The number of para-hydroxylation sites is 1. The molecule has 0 fully saturated rings. The highest BCUT2D eigenvalue weighted by molar-refractivity contribution is 5.80. The fourth-order valence-electron chi connectivity index (χ4n) is 1.31. The van der Waals surface area contributed by atoms with Crippen molar-refractivity contribution >= 4 is 23.3 Å². The number of aldehydes is 1. The molecular weight excluding hydrogens is 174 g/mol. The molecule has 0 N–H and O–H groups in total. The van der Waals surface area contributed by atoms with E-state index in [-0.39, 0.29) is 0 Å². The highest BCUT2D eigenvalue weighted by atomic mass is 16.1. The van der Waals surface area contributed by atoms with E-state index in [0.717, 1.165) is 22.9 Å². The summed E-state index contributed by atoms with van der Waals surface area (Å²) in [6.07, 6.45) is 3.88. The summed E-state index contributed by atoms with van der Waals surface area (Å²) >= 11 is 0. The van der Waals surface area contributed by atoms with Gasteiger partial charge in [-0.2, -0.15) is 0 Å². The zero-order valence-electron chi connectivity index (χ0n) is 7.55. The number of allylic oxidation sites excluding steroid dienone is 1. The van der Waals surface area contributed by atoms with E-state index in [0.29, 0.717) is 0 Å². The van der Waals surface area contributed by atoms with E-state index in [4.69, 9.17) is 0 Å². The first-order valence-corrected chi connectivity index (χ1v) is 4.38. The molecule has 0 unspecified atom stereocenters. The number of pyridine rings is 1. The number of benzene rings is 1. The normalized spacial score (nSPS) is 10.9. The minimum atomic E-state index is 0.747. The molecule has 0 spiro atoms. The third kappa shape index (κ3) is 1.69. The molecule has 68 valence electrons. The third-order valence-corrected chi connectivity index (χ3v) is 1.97. The molecule has 1 heterocycles. The third-order valence-electron chi connectivity index (χ3n) is 1.97. The van der Waals surface area contributed by atoms with Crippen LogP contribution in [-0.2, 0) is 4.79 Å². The number of fused-ring (bicyclic) bond motifs is 1. The number of carbonyl (C=O) groups is 1. The number of nitrogens with zero attached hydrogens (tertiary/aromatic N) is 1. The molecule has 0 saturated heterocycles. The second kappa shape index (κ2) is 3.83. The zero-order valence-corrected chi connectivity index (χ0v) is 7.55. The van der Waals surface area contributed by atoms with Crippen molar-refractivity contribution in [3.05, 3.63) is 48.2 Å². The van der Waals surface area contributed by atoms with E-state index >= 15 is 0 Å². The van der Waals surface area contributed by atoms with Crippen LogP contribution in [0.15, 0.2) is 42.5 Å². The van der Waals surface area contributed by atoms with Gasteiger partial charge in [0.2, 0.25) is 0 Å². The van der Waals surface area contributed by atoms with Gasteiger partial charge in [0, 0.05) is 5.39 Å². The number of carbonyl (C=O) groups excluding carboxylic acids is 1. The van der Waals surface area contributed by atoms with E-state index in [9.17, 15) is 4.79 Å². The van der Waals surface area contributed by atoms with Gasteiger partial charge >= 0.3 is 0 Å². The number of aromatic nitrogens is 1. The predicted octanol–water partition coefficient (Wildman–Crippen LogP) is 2.45. The van der Waals surface area contributed by atoms with Gasteiger partial charge in [0.05, 0.1) is 11.2 Å². The highest BCUT2D eigenvalue weighted by Gasteiger charge is 1.93. The van der Waals surface area contributed by atoms with E-state index in [1.54, 1.807) is 6.08 Å². The molecule has 2 rings (SSSR count). The van der Waals surface area contributed by atoms with Crippen LogP contribution in [0.4, 0.5) is 0 Å². The van der Waals surface area contributed by atoms with Crippen LogP contribution >= 0.6 is 0 Å². The molecule has 2 aromatic rings. The zero-order chi connectivity index (χ0) is 9.80. The first-order valence-electron chi connectivity index (χ1n) is 4.38. The Hall–Kier alpha value is -1.96. The van der Waals surface area contributed by atoms with Crippen molar-refractivity contribution in [2.75, 3.05) is 0 Å². The minimum absolute atomic E-state index is 0.747. The van der Waals surface area contributed by atoms with E-state index in [1.807, 2.05) is 36.4 Å². The Morgan fingerprint density at radius 2 is 1.93 bits per heavy atom. The van der Waals surface area contributed by atoms with Crippen LogP contribution in [-0.4, -0.2) is 11.3 Å². The topological polar surface area (TPSA) is 30.0 Å². The monoisotopic (exact) mass is 183 g/mol. The van der Waals surface area contributed by atoms with Gasteiger partial charge in [-0.15, -0.1) is 0 Å². The molecular formula is C12H9NO. The molecule has 1 aromatic carbocycles. The smallest absolute Gasteiger partial charge is 0.142 e. The summed E-state index contributed by atoms with van der Waals surface area (Å²) in [4.78, 5) is 14.5. The van der Waals surface area contributed by atoms with Crippen LogP contribution in [0.25, 0.3) is 17.0 Å². The average Bonchev–Trinajstić information content (AvgIpc) is 2.26. The predicted molar refractivity (Wildman–Crippen MR) is 56.8 cm³/mol. The molecule has 1 aromatic heterocycles. The minimum Gasteiger partial charge on any atom is -0.299 e. The summed E-state index contributed by atoms with van der Waals surface area (Å²) in [5.41, 5.74) is 1.75. The molecule has 0 saturated carbocycles. The highest BCUT2D eigenvalue weighted by Crippen LogP contribution is 2.12. The van der Waals surface area contributed by atoms with Gasteiger partial charge in [0.25, 0.3) is 0 Å². The van der Waals surface area contributed by atoms with Crippen molar-refractivity contribution in [2.24, 2.45) is 0 Å². The molecule has 0 aliphatic heterocycles. The molecule has 2 heteroatoms. The van der Waals surface area contributed by atoms with Crippen molar-refractivity contribution in [1.29, 1.82) is 0 Å². The summed E-state index contributed by atoms with van der Waals surface area (Å²) < 4.78 is 0.